The van der Waals surface area contributed by atoms with Crippen molar-refractivity contribution in [3.63, 3.8) is 0 Å². The first-order chi connectivity index (χ1) is 11.5. The highest BCUT2D eigenvalue weighted by Gasteiger charge is 2.19. The number of benzene rings is 2. The Morgan fingerprint density at radius 3 is 2.62 bits per heavy atom. The van der Waals surface area contributed by atoms with Crippen LogP contribution in [0, 0.1) is 0 Å². The maximum atomic E-state index is 12.3. The molecule has 0 bridgehead atoms. The van der Waals surface area contributed by atoms with Gasteiger partial charge in [0, 0.05) is 10.0 Å². The molecule has 1 amide bonds. The third-order valence-corrected chi connectivity index (χ3v) is 4.24. The second kappa shape index (κ2) is 7.15. The summed E-state index contributed by atoms with van der Waals surface area (Å²) >= 11 is 9.41. The van der Waals surface area contributed by atoms with E-state index < -0.39 is 6.04 Å². The lowest BCUT2D eigenvalue weighted by Crippen LogP contribution is -2.27. The van der Waals surface area contributed by atoms with Gasteiger partial charge in [-0.3, -0.25) is 4.79 Å². The lowest BCUT2D eigenvalue weighted by atomic mass is 10.2. The highest BCUT2D eigenvalue weighted by molar-refractivity contribution is 9.10. The number of nitrogens with zero attached hydrogens (tertiary/aromatic N) is 2. The van der Waals surface area contributed by atoms with Crippen LogP contribution >= 0.6 is 27.5 Å². The summed E-state index contributed by atoms with van der Waals surface area (Å²) in [5.41, 5.74) is 1.23. The Morgan fingerprint density at radius 1 is 1.21 bits per heavy atom. The van der Waals surface area contributed by atoms with E-state index in [4.69, 9.17) is 16.1 Å². The van der Waals surface area contributed by atoms with E-state index >= 15 is 0 Å². The molecule has 0 saturated carbocycles. The molecule has 122 valence electrons. The molecule has 0 aliphatic carbocycles. The van der Waals surface area contributed by atoms with Gasteiger partial charge in [-0.25, -0.2) is 0 Å². The summed E-state index contributed by atoms with van der Waals surface area (Å²) in [4.78, 5) is 16.6. The van der Waals surface area contributed by atoms with Gasteiger partial charge in [0.25, 0.3) is 5.91 Å². The zero-order valence-corrected chi connectivity index (χ0v) is 15.0. The Kier molecular flexibility index (Phi) is 4.97. The van der Waals surface area contributed by atoms with Gasteiger partial charge >= 0.3 is 0 Å². The molecule has 1 atom stereocenters. The van der Waals surface area contributed by atoms with Gasteiger partial charge in [0.15, 0.2) is 0 Å². The topological polar surface area (TPSA) is 68.0 Å². The summed E-state index contributed by atoms with van der Waals surface area (Å²) in [6, 6.07) is 14.0. The number of aromatic nitrogens is 2. The van der Waals surface area contributed by atoms with E-state index in [0.29, 0.717) is 22.3 Å². The van der Waals surface area contributed by atoms with E-state index in [2.05, 4.69) is 31.4 Å². The van der Waals surface area contributed by atoms with Gasteiger partial charge < -0.3 is 9.84 Å². The summed E-state index contributed by atoms with van der Waals surface area (Å²) in [6.45, 7) is 1.77. The van der Waals surface area contributed by atoms with E-state index in [1.165, 1.54) is 0 Å². The zero-order chi connectivity index (χ0) is 17.1. The number of rotatable bonds is 4. The van der Waals surface area contributed by atoms with Crippen LogP contribution in [-0.4, -0.2) is 16.0 Å². The molecule has 24 heavy (non-hydrogen) atoms. The van der Waals surface area contributed by atoms with Gasteiger partial charge in [0.2, 0.25) is 11.7 Å². The average Bonchev–Trinajstić information content (AvgIpc) is 3.06. The van der Waals surface area contributed by atoms with E-state index in [9.17, 15) is 4.79 Å². The Labute approximate surface area is 152 Å². The standard InChI is InChI=1S/C17H13BrClN3O2/c1-10(20-16(23)13-4-2-3-5-14(13)19)17-21-15(22-24-17)11-6-8-12(18)9-7-11/h2-10H,1H3,(H,20,23)/t10-/m0/s1. The largest absolute Gasteiger partial charge is 0.340 e. The SMILES string of the molecule is C[C@H](NC(=O)c1ccccc1Cl)c1nc(-c2ccc(Br)cc2)no1. The average molecular weight is 407 g/mol. The lowest BCUT2D eigenvalue weighted by Gasteiger charge is -2.10. The van der Waals surface area contributed by atoms with Crippen LogP contribution in [0.4, 0.5) is 0 Å². The predicted octanol–water partition coefficient (Wildman–Crippen LogP) is 4.64. The molecule has 5 nitrogen and oxygen atoms in total. The molecule has 0 saturated heterocycles. The van der Waals surface area contributed by atoms with E-state index in [1.54, 1.807) is 31.2 Å². The van der Waals surface area contributed by atoms with Gasteiger partial charge in [0.05, 0.1) is 10.6 Å². The first kappa shape index (κ1) is 16.7. The number of hydrogen-bond donors (Lipinski definition) is 1. The van der Waals surface area contributed by atoms with Crippen LogP contribution in [-0.2, 0) is 0 Å². The van der Waals surface area contributed by atoms with Crippen molar-refractivity contribution >= 4 is 33.4 Å². The molecular formula is C17H13BrClN3O2. The van der Waals surface area contributed by atoms with Gasteiger partial charge in [-0.2, -0.15) is 4.98 Å². The van der Waals surface area contributed by atoms with Crippen molar-refractivity contribution in [1.82, 2.24) is 15.5 Å². The number of halogens is 2. The third kappa shape index (κ3) is 3.66. The first-order valence-electron chi connectivity index (χ1n) is 7.19. The van der Waals surface area contributed by atoms with Gasteiger partial charge in [0.1, 0.15) is 6.04 Å². The third-order valence-electron chi connectivity index (χ3n) is 3.38. The molecule has 3 rings (SSSR count). The van der Waals surface area contributed by atoms with Crippen LogP contribution in [0.25, 0.3) is 11.4 Å². The van der Waals surface area contributed by atoms with Crippen molar-refractivity contribution in [3.8, 4) is 11.4 Å². The molecule has 0 aliphatic heterocycles. The molecule has 0 aliphatic rings. The summed E-state index contributed by atoms with van der Waals surface area (Å²) < 4.78 is 6.23. The molecular weight excluding hydrogens is 394 g/mol. The minimum Gasteiger partial charge on any atom is -0.340 e. The molecule has 7 heteroatoms. The first-order valence-corrected chi connectivity index (χ1v) is 8.36. The maximum Gasteiger partial charge on any atom is 0.253 e. The Balaban J connectivity index is 1.74. The van der Waals surface area contributed by atoms with Crippen LogP contribution in [0.15, 0.2) is 57.5 Å². The van der Waals surface area contributed by atoms with Crippen molar-refractivity contribution in [3.05, 3.63) is 69.5 Å². The van der Waals surface area contributed by atoms with E-state index in [1.807, 2.05) is 24.3 Å². The summed E-state index contributed by atoms with van der Waals surface area (Å²) in [5.74, 6) is 0.501. The van der Waals surface area contributed by atoms with E-state index in [-0.39, 0.29) is 5.91 Å². The second-order valence-corrected chi connectivity index (χ2v) is 6.46. The molecule has 0 unspecified atom stereocenters. The lowest BCUT2D eigenvalue weighted by molar-refractivity contribution is 0.0932. The molecule has 0 radical (unpaired) electrons. The summed E-state index contributed by atoms with van der Waals surface area (Å²) in [6.07, 6.45) is 0. The van der Waals surface area contributed by atoms with E-state index in [0.717, 1.165) is 10.0 Å². The number of carbonyl (C=O) groups excluding carboxylic acids is 1. The predicted molar refractivity (Wildman–Crippen MR) is 94.8 cm³/mol. The highest BCUT2D eigenvalue weighted by atomic mass is 79.9. The quantitative estimate of drug-likeness (QED) is 0.685. The molecule has 2 aromatic carbocycles. The molecule has 0 spiro atoms. The van der Waals surface area contributed by atoms with Gasteiger partial charge in [-0.1, -0.05) is 44.8 Å². The molecule has 3 aromatic rings. The number of nitrogens with one attached hydrogen (secondary N) is 1. The number of amides is 1. The van der Waals surface area contributed by atoms with Crippen LogP contribution in [0.3, 0.4) is 0 Å². The fourth-order valence-electron chi connectivity index (χ4n) is 2.11. The Morgan fingerprint density at radius 2 is 1.92 bits per heavy atom. The molecule has 1 aromatic heterocycles. The van der Waals surface area contributed by atoms with Crippen molar-refractivity contribution in [2.24, 2.45) is 0 Å². The van der Waals surface area contributed by atoms with Crippen molar-refractivity contribution in [1.29, 1.82) is 0 Å². The van der Waals surface area contributed by atoms with Crippen LogP contribution < -0.4 is 5.32 Å². The van der Waals surface area contributed by atoms with Crippen LogP contribution in [0.1, 0.15) is 29.2 Å². The highest BCUT2D eigenvalue weighted by Crippen LogP contribution is 2.21. The van der Waals surface area contributed by atoms with Gasteiger partial charge in [-0.05, 0) is 43.3 Å². The fourth-order valence-corrected chi connectivity index (χ4v) is 2.59. The molecule has 0 fully saturated rings. The van der Waals surface area contributed by atoms with Crippen molar-refractivity contribution in [2.45, 2.75) is 13.0 Å². The van der Waals surface area contributed by atoms with Crippen LogP contribution in [0.2, 0.25) is 5.02 Å². The molecule has 1 heterocycles. The smallest absolute Gasteiger partial charge is 0.253 e. The Hall–Kier alpha value is -2.18. The zero-order valence-electron chi connectivity index (χ0n) is 12.7. The normalized spacial score (nSPS) is 12.0. The molecule has 1 N–H and O–H groups in total. The fraction of sp³-hybridized carbons (Fsp3) is 0.118. The van der Waals surface area contributed by atoms with Crippen molar-refractivity contribution < 1.29 is 9.32 Å². The van der Waals surface area contributed by atoms with Gasteiger partial charge in [-0.15, -0.1) is 0 Å². The number of hydrogen-bond acceptors (Lipinski definition) is 4. The minimum absolute atomic E-state index is 0.295. The maximum absolute atomic E-state index is 12.3. The van der Waals surface area contributed by atoms with Crippen molar-refractivity contribution in [2.75, 3.05) is 0 Å². The summed E-state index contributed by atoms with van der Waals surface area (Å²) in [7, 11) is 0. The second-order valence-electron chi connectivity index (χ2n) is 5.14. The Bertz CT molecular complexity index is 864. The minimum atomic E-state index is -0.439. The van der Waals surface area contributed by atoms with Crippen LogP contribution in [0.5, 0.6) is 0 Å². The summed E-state index contributed by atoms with van der Waals surface area (Å²) in [5, 5.41) is 7.15. The number of carbonyl (C=O) groups is 1. The monoisotopic (exact) mass is 405 g/mol.